The lowest BCUT2D eigenvalue weighted by Gasteiger charge is -2.06. The van der Waals surface area contributed by atoms with E-state index in [2.05, 4.69) is 20.6 Å². The van der Waals surface area contributed by atoms with E-state index in [0.29, 0.717) is 11.4 Å². The Bertz CT molecular complexity index is 570. The number of aromatic nitrogens is 2. The van der Waals surface area contributed by atoms with Crippen LogP contribution in [0, 0.1) is 6.92 Å². The Morgan fingerprint density at radius 2 is 2.16 bits per heavy atom. The Morgan fingerprint density at radius 1 is 1.37 bits per heavy atom. The first kappa shape index (κ1) is 13.1. The summed E-state index contributed by atoms with van der Waals surface area (Å²) in [7, 11) is 1.76. The molecule has 0 saturated carbocycles. The van der Waals surface area contributed by atoms with Gasteiger partial charge in [-0.2, -0.15) is 4.98 Å². The summed E-state index contributed by atoms with van der Waals surface area (Å²) in [4.78, 5) is 20.5. The number of nitrogens with zero attached hydrogens (tertiary/aromatic N) is 2. The van der Waals surface area contributed by atoms with Crippen LogP contribution in [0.2, 0.25) is 0 Å². The molecule has 0 spiro atoms. The van der Waals surface area contributed by atoms with Crippen molar-refractivity contribution in [2.75, 3.05) is 17.7 Å². The second-order valence-corrected chi connectivity index (χ2v) is 4.08. The van der Waals surface area contributed by atoms with Gasteiger partial charge in [-0.05, 0) is 25.5 Å². The molecule has 0 aliphatic heterocycles. The molecule has 0 unspecified atom stereocenters. The van der Waals surface area contributed by atoms with E-state index in [4.69, 9.17) is 4.42 Å². The molecule has 2 aromatic heterocycles. The van der Waals surface area contributed by atoms with Gasteiger partial charge in [0.2, 0.25) is 0 Å². The van der Waals surface area contributed by atoms with Gasteiger partial charge in [0.1, 0.15) is 12.1 Å². The summed E-state index contributed by atoms with van der Waals surface area (Å²) in [5, 5.41) is 5.54. The number of amides is 1. The number of anilines is 2. The molecule has 0 aliphatic rings. The van der Waals surface area contributed by atoms with Gasteiger partial charge in [0.05, 0.1) is 5.69 Å². The number of hydrogen-bond donors (Lipinski definition) is 2. The van der Waals surface area contributed by atoms with Crippen LogP contribution in [0.1, 0.15) is 28.7 Å². The van der Waals surface area contributed by atoms with Gasteiger partial charge in [-0.1, -0.05) is 6.92 Å². The first-order valence-electron chi connectivity index (χ1n) is 6.04. The second kappa shape index (κ2) is 5.51. The number of nitrogens with one attached hydrogen (secondary N) is 2. The van der Waals surface area contributed by atoms with Crippen molar-refractivity contribution < 1.29 is 9.21 Å². The summed E-state index contributed by atoms with van der Waals surface area (Å²) in [6.07, 6.45) is 2.24. The van der Waals surface area contributed by atoms with E-state index in [1.165, 1.54) is 6.26 Å². The average Bonchev–Trinajstić information content (AvgIpc) is 2.83. The molecule has 6 nitrogen and oxygen atoms in total. The summed E-state index contributed by atoms with van der Waals surface area (Å²) in [6.45, 7) is 3.78. The lowest BCUT2D eigenvalue weighted by molar-refractivity contribution is 0.102. The van der Waals surface area contributed by atoms with Crippen LogP contribution in [-0.2, 0) is 6.42 Å². The van der Waals surface area contributed by atoms with E-state index in [1.54, 1.807) is 26.1 Å². The molecule has 0 atom stereocenters. The van der Waals surface area contributed by atoms with Gasteiger partial charge in [-0.25, -0.2) is 4.98 Å². The van der Waals surface area contributed by atoms with Crippen LogP contribution in [-0.4, -0.2) is 22.9 Å². The second-order valence-electron chi connectivity index (χ2n) is 4.08. The summed E-state index contributed by atoms with van der Waals surface area (Å²) in [5.74, 6) is 0.392. The summed E-state index contributed by atoms with van der Waals surface area (Å²) in [6, 6.07) is 3.64. The topological polar surface area (TPSA) is 80.0 Å². The quantitative estimate of drug-likeness (QED) is 0.881. The third-order valence-corrected chi connectivity index (χ3v) is 2.60. The van der Waals surface area contributed by atoms with E-state index >= 15 is 0 Å². The molecule has 0 fully saturated rings. The standard InChI is InChI=1S/C13H16N4O2/c1-4-10-5-9(6-11(14-3)16-10)12(18)17-13-15-8(2)7-19-13/h5-7H,4H2,1-3H3,(H,14,16)(H,15,17,18). The Morgan fingerprint density at radius 3 is 2.74 bits per heavy atom. The highest BCUT2D eigenvalue weighted by Gasteiger charge is 2.12. The maximum absolute atomic E-state index is 12.1. The minimum Gasteiger partial charge on any atom is -0.432 e. The zero-order chi connectivity index (χ0) is 13.8. The van der Waals surface area contributed by atoms with Crippen LogP contribution in [0.5, 0.6) is 0 Å². The largest absolute Gasteiger partial charge is 0.432 e. The number of oxazole rings is 1. The first-order chi connectivity index (χ1) is 9.12. The lowest BCUT2D eigenvalue weighted by Crippen LogP contribution is -2.13. The Balaban J connectivity index is 2.22. The van der Waals surface area contributed by atoms with Crippen LogP contribution >= 0.6 is 0 Å². The molecule has 19 heavy (non-hydrogen) atoms. The Kier molecular flexibility index (Phi) is 3.79. The van der Waals surface area contributed by atoms with Crippen molar-refractivity contribution in [2.24, 2.45) is 0 Å². The summed E-state index contributed by atoms with van der Waals surface area (Å²) in [5.41, 5.74) is 2.09. The van der Waals surface area contributed by atoms with E-state index in [1.807, 2.05) is 6.92 Å². The fourth-order valence-corrected chi connectivity index (χ4v) is 1.61. The van der Waals surface area contributed by atoms with E-state index in [9.17, 15) is 4.79 Å². The molecule has 2 N–H and O–H groups in total. The molecule has 6 heteroatoms. The smallest absolute Gasteiger partial charge is 0.301 e. The van der Waals surface area contributed by atoms with Crippen LogP contribution in [0.15, 0.2) is 22.8 Å². The fraction of sp³-hybridized carbons (Fsp3) is 0.308. The van der Waals surface area contributed by atoms with Gasteiger partial charge in [0.25, 0.3) is 5.91 Å². The Hall–Kier alpha value is -2.37. The third kappa shape index (κ3) is 3.09. The molecular formula is C13H16N4O2. The molecule has 1 amide bonds. The van der Waals surface area contributed by atoms with Crippen molar-refractivity contribution >= 4 is 17.7 Å². The van der Waals surface area contributed by atoms with Crippen molar-refractivity contribution in [1.29, 1.82) is 0 Å². The van der Waals surface area contributed by atoms with E-state index < -0.39 is 0 Å². The maximum Gasteiger partial charge on any atom is 0.301 e. The van der Waals surface area contributed by atoms with Crippen molar-refractivity contribution in [3.8, 4) is 0 Å². The predicted molar refractivity (Wildman–Crippen MR) is 72.4 cm³/mol. The fourth-order valence-electron chi connectivity index (χ4n) is 1.61. The van der Waals surface area contributed by atoms with E-state index in [-0.39, 0.29) is 11.9 Å². The van der Waals surface area contributed by atoms with Crippen LogP contribution in [0.4, 0.5) is 11.8 Å². The molecule has 0 aromatic carbocycles. The number of pyridine rings is 1. The highest BCUT2D eigenvalue weighted by atomic mass is 16.4. The van der Waals surface area contributed by atoms with Crippen LogP contribution < -0.4 is 10.6 Å². The zero-order valence-corrected chi connectivity index (χ0v) is 11.2. The summed E-state index contributed by atoms with van der Waals surface area (Å²) >= 11 is 0. The number of aryl methyl sites for hydroxylation is 2. The minimum atomic E-state index is -0.268. The molecular weight excluding hydrogens is 244 g/mol. The van der Waals surface area contributed by atoms with Crippen LogP contribution in [0.25, 0.3) is 0 Å². The van der Waals surface area contributed by atoms with Gasteiger partial charge in [-0.15, -0.1) is 0 Å². The van der Waals surface area contributed by atoms with E-state index in [0.717, 1.165) is 17.8 Å². The number of rotatable bonds is 4. The lowest BCUT2D eigenvalue weighted by atomic mass is 10.2. The van der Waals surface area contributed by atoms with Crippen molar-refractivity contribution in [1.82, 2.24) is 9.97 Å². The van der Waals surface area contributed by atoms with Gasteiger partial charge in [0.15, 0.2) is 0 Å². The van der Waals surface area contributed by atoms with Gasteiger partial charge in [-0.3, -0.25) is 10.1 Å². The van der Waals surface area contributed by atoms with Gasteiger partial charge >= 0.3 is 6.01 Å². The molecule has 2 aromatic rings. The monoisotopic (exact) mass is 260 g/mol. The molecule has 0 bridgehead atoms. The first-order valence-corrected chi connectivity index (χ1v) is 6.04. The van der Waals surface area contributed by atoms with Gasteiger partial charge in [0, 0.05) is 18.3 Å². The maximum atomic E-state index is 12.1. The van der Waals surface area contributed by atoms with Crippen molar-refractivity contribution in [2.45, 2.75) is 20.3 Å². The average molecular weight is 260 g/mol. The number of hydrogen-bond acceptors (Lipinski definition) is 5. The highest BCUT2D eigenvalue weighted by molar-refractivity contribution is 6.03. The number of carbonyl (C=O) groups excluding carboxylic acids is 1. The molecule has 100 valence electrons. The van der Waals surface area contributed by atoms with Crippen molar-refractivity contribution in [3.63, 3.8) is 0 Å². The normalized spacial score (nSPS) is 10.3. The Labute approximate surface area is 111 Å². The highest BCUT2D eigenvalue weighted by Crippen LogP contribution is 2.13. The van der Waals surface area contributed by atoms with Crippen LogP contribution in [0.3, 0.4) is 0 Å². The summed E-state index contributed by atoms with van der Waals surface area (Å²) < 4.78 is 5.10. The molecule has 0 radical (unpaired) electrons. The van der Waals surface area contributed by atoms with Gasteiger partial charge < -0.3 is 9.73 Å². The molecule has 2 rings (SSSR count). The van der Waals surface area contributed by atoms with Crippen molar-refractivity contribution in [3.05, 3.63) is 35.3 Å². The number of carbonyl (C=O) groups is 1. The third-order valence-electron chi connectivity index (χ3n) is 2.60. The zero-order valence-electron chi connectivity index (χ0n) is 11.2. The molecule has 0 saturated heterocycles. The minimum absolute atomic E-state index is 0.198. The molecule has 0 aliphatic carbocycles. The predicted octanol–water partition coefficient (Wildman–Crippen LogP) is 2.23. The molecule has 2 heterocycles. The SMILES string of the molecule is CCc1cc(C(=O)Nc2nc(C)co2)cc(NC)n1.